The van der Waals surface area contributed by atoms with Gasteiger partial charge in [0.15, 0.2) is 5.72 Å². The molecule has 3 nitrogen and oxygen atoms in total. The van der Waals surface area contributed by atoms with Crippen molar-refractivity contribution in [1.82, 2.24) is 4.90 Å². The van der Waals surface area contributed by atoms with Gasteiger partial charge in [0.25, 0.3) is 0 Å². The highest BCUT2D eigenvalue weighted by Gasteiger charge is 2.44. The number of likely N-dealkylation sites (N-methyl/N-ethyl adjacent to an activating group) is 1. The zero-order valence-electron chi connectivity index (χ0n) is 14.9. The summed E-state index contributed by atoms with van der Waals surface area (Å²) < 4.78 is 6.48. The number of halogens is 1. The summed E-state index contributed by atoms with van der Waals surface area (Å²) in [6.07, 6.45) is 2.92. The number of rotatable bonds is 6. The molecule has 1 N–H and O–H groups in total. The van der Waals surface area contributed by atoms with Crippen molar-refractivity contribution in [3.63, 3.8) is 0 Å². The Kier molecular flexibility index (Phi) is 5.67. The molecule has 2 unspecified atom stereocenters. The Bertz CT molecular complexity index is 706. The molecule has 0 spiro atoms. The fraction of sp³-hybridized carbons (Fsp3) is 0.429. The van der Waals surface area contributed by atoms with Crippen LogP contribution in [-0.2, 0) is 12.8 Å². The Hall–Kier alpha value is -1.55. The number of aliphatic hydroxyl groups excluding tert-OH is 1. The average Bonchev–Trinajstić information content (AvgIpc) is 2.89. The first-order valence-electron chi connectivity index (χ1n) is 8.93. The first kappa shape index (κ1) is 18.2. The summed E-state index contributed by atoms with van der Waals surface area (Å²) >= 11 is 6.23. The smallest absolute Gasteiger partial charge is 0.165 e. The minimum Gasteiger partial charge on any atom is -0.472 e. The highest BCUT2D eigenvalue weighted by Crippen LogP contribution is 2.36. The van der Waals surface area contributed by atoms with Crippen molar-refractivity contribution in [2.45, 2.75) is 44.4 Å². The van der Waals surface area contributed by atoms with Crippen LogP contribution in [0.5, 0.6) is 5.75 Å². The molecule has 0 radical (unpaired) electrons. The SMILES string of the molecule is CCC1(Oc2cc(Cl)ccc2CCc2ccccc2)CC(O)CN1C. The van der Waals surface area contributed by atoms with Gasteiger partial charge in [0.05, 0.1) is 6.10 Å². The van der Waals surface area contributed by atoms with Crippen molar-refractivity contribution >= 4 is 11.6 Å². The Morgan fingerprint density at radius 3 is 2.60 bits per heavy atom. The lowest BCUT2D eigenvalue weighted by molar-refractivity contribution is -0.0471. The van der Waals surface area contributed by atoms with Crippen LogP contribution in [0, 0.1) is 0 Å². The normalized spacial score (nSPS) is 23.8. The van der Waals surface area contributed by atoms with Crippen LogP contribution in [0.2, 0.25) is 5.02 Å². The number of hydrogen-bond donors (Lipinski definition) is 1. The van der Waals surface area contributed by atoms with E-state index >= 15 is 0 Å². The van der Waals surface area contributed by atoms with Crippen molar-refractivity contribution in [1.29, 1.82) is 0 Å². The molecule has 3 rings (SSSR count). The maximum absolute atomic E-state index is 10.1. The van der Waals surface area contributed by atoms with E-state index in [-0.39, 0.29) is 6.10 Å². The number of ether oxygens (including phenoxy) is 1. The molecule has 0 amide bonds. The van der Waals surface area contributed by atoms with Gasteiger partial charge in [-0.05, 0) is 49.6 Å². The largest absolute Gasteiger partial charge is 0.472 e. The zero-order valence-corrected chi connectivity index (χ0v) is 15.7. The Labute approximate surface area is 155 Å². The van der Waals surface area contributed by atoms with E-state index in [1.807, 2.05) is 25.2 Å². The molecule has 0 aromatic heterocycles. The molecule has 2 aromatic rings. The van der Waals surface area contributed by atoms with Crippen LogP contribution < -0.4 is 4.74 Å². The molecule has 2 atom stereocenters. The Balaban J connectivity index is 1.81. The van der Waals surface area contributed by atoms with Crippen molar-refractivity contribution in [3.05, 3.63) is 64.7 Å². The van der Waals surface area contributed by atoms with Gasteiger partial charge in [0.1, 0.15) is 5.75 Å². The van der Waals surface area contributed by atoms with Gasteiger partial charge < -0.3 is 9.84 Å². The van der Waals surface area contributed by atoms with Crippen molar-refractivity contribution in [2.24, 2.45) is 0 Å². The first-order chi connectivity index (χ1) is 12.0. The minimum absolute atomic E-state index is 0.350. The van der Waals surface area contributed by atoms with Gasteiger partial charge in [0.2, 0.25) is 0 Å². The van der Waals surface area contributed by atoms with E-state index in [1.165, 1.54) is 5.56 Å². The van der Waals surface area contributed by atoms with Crippen LogP contribution in [0.3, 0.4) is 0 Å². The van der Waals surface area contributed by atoms with E-state index in [9.17, 15) is 5.11 Å². The summed E-state index contributed by atoms with van der Waals surface area (Å²) in [6, 6.07) is 16.3. The molecule has 2 aromatic carbocycles. The van der Waals surface area contributed by atoms with Gasteiger partial charge in [-0.25, -0.2) is 0 Å². The summed E-state index contributed by atoms with van der Waals surface area (Å²) in [6.45, 7) is 2.73. The number of nitrogens with zero attached hydrogens (tertiary/aromatic N) is 1. The third-order valence-electron chi connectivity index (χ3n) is 5.14. The molecule has 1 aliphatic heterocycles. The first-order valence-corrected chi connectivity index (χ1v) is 9.31. The van der Waals surface area contributed by atoms with Crippen LogP contribution in [0.4, 0.5) is 0 Å². The van der Waals surface area contributed by atoms with Crippen LogP contribution in [0.15, 0.2) is 48.5 Å². The van der Waals surface area contributed by atoms with E-state index in [1.54, 1.807) is 0 Å². The second kappa shape index (κ2) is 7.77. The third-order valence-corrected chi connectivity index (χ3v) is 5.38. The summed E-state index contributed by atoms with van der Waals surface area (Å²) in [7, 11) is 2.01. The van der Waals surface area contributed by atoms with E-state index in [2.05, 4.69) is 42.2 Å². The minimum atomic E-state index is -0.467. The lowest BCUT2D eigenvalue weighted by Crippen LogP contribution is -2.46. The standard InChI is InChI=1S/C21H26ClNO2/c1-3-21(14-19(24)15-23(21)2)25-20-13-18(22)12-11-17(20)10-9-16-7-5-4-6-8-16/h4-8,11-13,19,24H,3,9-10,14-15H2,1-2H3. The zero-order chi connectivity index (χ0) is 17.9. The van der Waals surface area contributed by atoms with Crippen LogP contribution in [0.1, 0.15) is 30.9 Å². The molecule has 134 valence electrons. The number of likely N-dealkylation sites (tertiary alicyclic amines) is 1. The monoisotopic (exact) mass is 359 g/mol. The molecule has 1 saturated heterocycles. The average molecular weight is 360 g/mol. The van der Waals surface area contributed by atoms with Crippen molar-refractivity contribution in [2.75, 3.05) is 13.6 Å². The van der Waals surface area contributed by atoms with Crippen LogP contribution >= 0.6 is 11.6 Å². The summed E-state index contributed by atoms with van der Waals surface area (Å²) in [4.78, 5) is 2.11. The van der Waals surface area contributed by atoms with E-state index in [0.717, 1.165) is 30.6 Å². The van der Waals surface area contributed by atoms with Gasteiger partial charge in [-0.3, -0.25) is 4.90 Å². The topological polar surface area (TPSA) is 32.7 Å². The predicted molar refractivity (Wildman–Crippen MR) is 102 cm³/mol. The molecule has 1 aliphatic rings. The van der Waals surface area contributed by atoms with E-state index < -0.39 is 5.72 Å². The van der Waals surface area contributed by atoms with Gasteiger partial charge in [-0.1, -0.05) is 54.9 Å². The van der Waals surface area contributed by atoms with Crippen molar-refractivity contribution < 1.29 is 9.84 Å². The fourth-order valence-electron chi connectivity index (χ4n) is 3.64. The van der Waals surface area contributed by atoms with Gasteiger partial charge in [-0.2, -0.15) is 0 Å². The Morgan fingerprint density at radius 2 is 1.96 bits per heavy atom. The summed E-state index contributed by atoms with van der Waals surface area (Å²) in [5.41, 5.74) is 1.99. The van der Waals surface area contributed by atoms with Crippen molar-refractivity contribution in [3.8, 4) is 5.75 Å². The molecule has 0 saturated carbocycles. The van der Waals surface area contributed by atoms with Gasteiger partial charge in [-0.15, -0.1) is 0 Å². The number of β-amino-alcohol motifs (C(OH)–C–C–N with tert-alkyl or cyclic N) is 1. The molecule has 0 aliphatic carbocycles. The fourth-order valence-corrected chi connectivity index (χ4v) is 3.80. The summed E-state index contributed by atoms with van der Waals surface area (Å²) in [5.74, 6) is 0.825. The number of hydrogen-bond acceptors (Lipinski definition) is 3. The number of aliphatic hydroxyl groups is 1. The molecule has 25 heavy (non-hydrogen) atoms. The molecule has 0 bridgehead atoms. The molecular formula is C21H26ClNO2. The van der Waals surface area contributed by atoms with E-state index in [4.69, 9.17) is 16.3 Å². The second-order valence-electron chi connectivity index (χ2n) is 6.88. The summed E-state index contributed by atoms with van der Waals surface area (Å²) in [5, 5.41) is 10.7. The maximum Gasteiger partial charge on any atom is 0.165 e. The van der Waals surface area contributed by atoms with Crippen LogP contribution in [0.25, 0.3) is 0 Å². The number of benzene rings is 2. The van der Waals surface area contributed by atoms with Crippen LogP contribution in [-0.4, -0.2) is 35.4 Å². The van der Waals surface area contributed by atoms with Gasteiger partial charge in [0, 0.05) is 18.0 Å². The molecule has 4 heteroatoms. The highest BCUT2D eigenvalue weighted by atomic mass is 35.5. The number of aryl methyl sites for hydroxylation is 2. The molecular weight excluding hydrogens is 334 g/mol. The lowest BCUT2D eigenvalue weighted by Gasteiger charge is -2.36. The van der Waals surface area contributed by atoms with E-state index in [0.29, 0.717) is 18.0 Å². The quantitative estimate of drug-likeness (QED) is 0.834. The maximum atomic E-state index is 10.1. The molecule has 1 fully saturated rings. The predicted octanol–water partition coefficient (Wildman–Crippen LogP) is 4.31. The lowest BCUT2D eigenvalue weighted by atomic mass is 10.0. The second-order valence-corrected chi connectivity index (χ2v) is 7.31. The molecule has 1 heterocycles. The highest BCUT2D eigenvalue weighted by molar-refractivity contribution is 6.30. The third kappa shape index (κ3) is 4.17. The van der Waals surface area contributed by atoms with Gasteiger partial charge >= 0.3 is 0 Å². The Morgan fingerprint density at radius 1 is 1.20 bits per heavy atom.